The van der Waals surface area contributed by atoms with E-state index < -0.39 is 0 Å². The van der Waals surface area contributed by atoms with E-state index in [1.54, 1.807) is 0 Å². The number of hydrogen-bond acceptors (Lipinski definition) is 4. The van der Waals surface area contributed by atoms with Gasteiger partial charge in [-0.3, -0.25) is 4.57 Å². The summed E-state index contributed by atoms with van der Waals surface area (Å²) in [5, 5.41) is 13.8. The Hall–Kier alpha value is -6.12. The molecule has 0 saturated heterocycles. The molecule has 6 aromatic carbocycles. The number of imidazole rings is 1. The molecule has 0 atom stereocenters. The molecule has 0 spiro atoms. The van der Waals surface area contributed by atoms with Crippen molar-refractivity contribution in [1.82, 2.24) is 9.55 Å². The highest BCUT2D eigenvalue weighted by molar-refractivity contribution is 6.11. The molecule has 0 amide bonds. The van der Waals surface area contributed by atoms with Crippen LogP contribution in [0.15, 0.2) is 124 Å². The second-order valence-corrected chi connectivity index (χ2v) is 13.5. The van der Waals surface area contributed by atoms with Crippen LogP contribution in [0.5, 0.6) is 0 Å². The Morgan fingerprint density at radius 1 is 0.633 bits per heavy atom. The third-order valence-corrected chi connectivity index (χ3v) is 9.76. The van der Waals surface area contributed by atoms with Crippen molar-refractivity contribution < 1.29 is 8.83 Å². The molecular formula is C44H33N3O2. The summed E-state index contributed by atoms with van der Waals surface area (Å²) in [4.78, 5) is 5.30. The lowest BCUT2D eigenvalue weighted by Gasteiger charge is -2.23. The van der Waals surface area contributed by atoms with Crippen LogP contribution in [0, 0.1) is 11.3 Å². The molecule has 9 aromatic rings. The van der Waals surface area contributed by atoms with E-state index in [2.05, 4.69) is 123 Å². The molecule has 0 radical (unpaired) electrons. The summed E-state index contributed by atoms with van der Waals surface area (Å²) >= 11 is 0. The third-order valence-electron chi connectivity index (χ3n) is 9.76. The number of rotatable bonds is 5. The zero-order chi connectivity index (χ0) is 33.4. The maximum atomic E-state index is 9.56. The third kappa shape index (κ3) is 4.41. The molecule has 5 heteroatoms. The number of nitrogens with zero attached hydrogens (tertiary/aromatic N) is 3. The van der Waals surface area contributed by atoms with Crippen LogP contribution < -0.4 is 0 Å². The predicted octanol–water partition coefficient (Wildman–Crippen LogP) is 12.3. The summed E-state index contributed by atoms with van der Waals surface area (Å²) in [6.45, 7) is 9.01. The molecule has 0 saturated carbocycles. The summed E-state index contributed by atoms with van der Waals surface area (Å²) in [5.41, 5.74) is 12.4. The fourth-order valence-electron chi connectivity index (χ4n) is 7.46. The Morgan fingerprint density at radius 2 is 1.37 bits per heavy atom. The maximum absolute atomic E-state index is 9.56. The van der Waals surface area contributed by atoms with Crippen LogP contribution in [0.25, 0.3) is 83.1 Å². The first-order chi connectivity index (χ1) is 23.9. The predicted molar refractivity (Wildman–Crippen MR) is 199 cm³/mol. The van der Waals surface area contributed by atoms with Crippen molar-refractivity contribution in [2.45, 2.75) is 39.5 Å². The number of nitriles is 1. The highest BCUT2D eigenvalue weighted by Gasteiger charge is 2.28. The molecule has 0 fully saturated rings. The van der Waals surface area contributed by atoms with Gasteiger partial charge in [0.15, 0.2) is 0 Å². The van der Waals surface area contributed by atoms with E-state index in [0.717, 1.165) is 83.1 Å². The highest BCUT2D eigenvalue weighted by Crippen LogP contribution is 2.45. The van der Waals surface area contributed by atoms with Crippen LogP contribution >= 0.6 is 0 Å². The van der Waals surface area contributed by atoms with Crippen LogP contribution in [0.3, 0.4) is 0 Å². The average molecular weight is 636 g/mol. The van der Waals surface area contributed by atoms with Gasteiger partial charge in [0.2, 0.25) is 0 Å². The summed E-state index contributed by atoms with van der Waals surface area (Å²) in [5.74, 6) is 1.16. The summed E-state index contributed by atoms with van der Waals surface area (Å²) in [7, 11) is 0. The second kappa shape index (κ2) is 11.0. The molecule has 0 aliphatic heterocycles. The van der Waals surface area contributed by atoms with Gasteiger partial charge in [0, 0.05) is 27.1 Å². The number of fused-ring (bicyclic) bond motifs is 7. The smallest absolute Gasteiger partial charge is 0.149 e. The minimum absolute atomic E-state index is 0.144. The standard InChI is InChI=1S/C44H33N3O2/c1-25(2)34-23-35-31-20-18-29(28-11-6-5-7-12-28)22-39(31)49-43(35)40(26(3)4)41(34)47-37-16-9-8-15-36(37)46-44(47)33-14-10-13-32-30-19-17-27(24-45)21-38(30)48-42(32)33/h5-23,25-26H,1-4H3. The van der Waals surface area contributed by atoms with Gasteiger partial charge in [-0.1, -0.05) is 88.4 Å². The van der Waals surface area contributed by atoms with Crippen molar-refractivity contribution >= 4 is 54.9 Å². The number of para-hydroxylation sites is 3. The largest absolute Gasteiger partial charge is 0.456 e. The first kappa shape index (κ1) is 29.1. The van der Waals surface area contributed by atoms with Crippen molar-refractivity contribution in [3.05, 3.63) is 132 Å². The zero-order valence-electron chi connectivity index (χ0n) is 27.8. The first-order valence-corrected chi connectivity index (χ1v) is 16.8. The minimum Gasteiger partial charge on any atom is -0.456 e. The number of benzene rings is 6. The molecule has 0 N–H and O–H groups in total. The quantitative estimate of drug-likeness (QED) is 0.189. The second-order valence-electron chi connectivity index (χ2n) is 13.5. The Balaban J connectivity index is 1.38. The van der Waals surface area contributed by atoms with Gasteiger partial charge in [-0.05, 0) is 83.1 Å². The summed E-state index contributed by atoms with van der Waals surface area (Å²) < 4.78 is 15.8. The van der Waals surface area contributed by atoms with Gasteiger partial charge < -0.3 is 8.83 Å². The van der Waals surface area contributed by atoms with Crippen molar-refractivity contribution in [1.29, 1.82) is 5.26 Å². The number of hydrogen-bond donors (Lipinski definition) is 0. The van der Waals surface area contributed by atoms with E-state index in [1.165, 1.54) is 5.56 Å². The fourth-order valence-corrected chi connectivity index (χ4v) is 7.46. The first-order valence-electron chi connectivity index (χ1n) is 16.8. The van der Waals surface area contributed by atoms with E-state index >= 15 is 0 Å². The van der Waals surface area contributed by atoms with Crippen LogP contribution in [-0.2, 0) is 0 Å². The van der Waals surface area contributed by atoms with E-state index in [0.29, 0.717) is 11.1 Å². The molecule has 0 unspecified atom stereocenters. The van der Waals surface area contributed by atoms with E-state index in [1.807, 2.05) is 30.3 Å². The SMILES string of the molecule is CC(C)c1cc2c(oc3cc(-c4ccccc4)ccc32)c(C(C)C)c1-n1c(-c2cccc3c2oc2cc(C#N)ccc23)nc2ccccc21. The van der Waals surface area contributed by atoms with E-state index in [4.69, 9.17) is 13.8 Å². The molecule has 0 aliphatic rings. The zero-order valence-corrected chi connectivity index (χ0v) is 27.8. The molecule has 0 aliphatic carbocycles. The normalized spacial score (nSPS) is 12.0. The van der Waals surface area contributed by atoms with Gasteiger partial charge >= 0.3 is 0 Å². The topological polar surface area (TPSA) is 67.9 Å². The van der Waals surface area contributed by atoms with Crippen LogP contribution in [0.2, 0.25) is 0 Å². The monoisotopic (exact) mass is 635 g/mol. The van der Waals surface area contributed by atoms with E-state index in [9.17, 15) is 5.26 Å². The van der Waals surface area contributed by atoms with Crippen molar-refractivity contribution in [3.63, 3.8) is 0 Å². The van der Waals surface area contributed by atoms with Gasteiger partial charge in [0.25, 0.3) is 0 Å². The van der Waals surface area contributed by atoms with Gasteiger partial charge in [-0.25, -0.2) is 4.98 Å². The molecular weight excluding hydrogens is 603 g/mol. The van der Waals surface area contributed by atoms with E-state index in [-0.39, 0.29) is 11.8 Å². The summed E-state index contributed by atoms with van der Waals surface area (Å²) in [6.07, 6.45) is 0. The van der Waals surface area contributed by atoms with Crippen LogP contribution in [0.4, 0.5) is 0 Å². The number of furan rings is 2. The van der Waals surface area contributed by atoms with Crippen molar-refractivity contribution in [2.24, 2.45) is 0 Å². The molecule has 49 heavy (non-hydrogen) atoms. The maximum Gasteiger partial charge on any atom is 0.149 e. The van der Waals surface area contributed by atoms with Crippen LogP contribution in [-0.4, -0.2) is 9.55 Å². The lowest BCUT2D eigenvalue weighted by Crippen LogP contribution is -2.09. The molecule has 5 nitrogen and oxygen atoms in total. The van der Waals surface area contributed by atoms with Gasteiger partial charge in [-0.2, -0.15) is 5.26 Å². The Kier molecular flexibility index (Phi) is 6.50. The lowest BCUT2D eigenvalue weighted by atomic mass is 9.89. The van der Waals surface area contributed by atoms with Crippen molar-refractivity contribution in [3.8, 4) is 34.3 Å². The summed E-state index contributed by atoms with van der Waals surface area (Å²) in [6, 6.07) is 41.8. The molecule has 3 aromatic heterocycles. The van der Waals surface area contributed by atoms with Gasteiger partial charge in [0.1, 0.15) is 28.2 Å². The van der Waals surface area contributed by atoms with Gasteiger partial charge in [0.05, 0.1) is 33.9 Å². The average Bonchev–Trinajstić information content (AvgIpc) is 3.81. The number of aromatic nitrogens is 2. The fraction of sp³-hybridized carbons (Fsp3) is 0.136. The Labute approximate surface area is 283 Å². The molecule has 236 valence electrons. The lowest BCUT2D eigenvalue weighted by molar-refractivity contribution is 0.655. The van der Waals surface area contributed by atoms with Crippen molar-refractivity contribution in [2.75, 3.05) is 0 Å². The van der Waals surface area contributed by atoms with Gasteiger partial charge in [-0.15, -0.1) is 0 Å². The molecule has 0 bridgehead atoms. The highest BCUT2D eigenvalue weighted by atomic mass is 16.3. The Morgan fingerprint density at radius 3 is 2.16 bits per heavy atom. The Bertz CT molecular complexity index is 2790. The molecule has 9 rings (SSSR count). The molecule has 3 heterocycles. The minimum atomic E-state index is 0.144. The van der Waals surface area contributed by atoms with Crippen LogP contribution in [0.1, 0.15) is 56.2 Å².